The van der Waals surface area contributed by atoms with E-state index in [9.17, 15) is 9.59 Å². The fourth-order valence-corrected chi connectivity index (χ4v) is 1.48. The second kappa shape index (κ2) is 8.31. The van der Waals surface area contributed by atoms with E-state index >= 15 is 0 Å². The van der Waals surface area contributed by atoms with E-state index in [-0.39, 0.29) is 18.0 Å². The van der Waals surface area contributed by atoms with Gasteiger partial charge in [0.1, 0.15) is 18.9 Å². The number of hydrogen-bond acceptors (Lipinski definition) is 5. The fraction of sp³-hybridized carbons (Fsp3) is 0.615. The zero-order valence-corrected chi connectivity index (χ0v) is 12.0. The molecule has 1 aromatic heterocycles. The summed E-state index contributed by atoms with van der Waals surface area (Å²) >= 11 is 0. The van der Waals surface area contributed by atoms with E-state index in [1.165, 1.54) is 12.3 Å². The zero-order chi connectivity index (χ0) is 15.0. The smallest absolute Gasteiger partial charge is 0.270 e. The fourth-order valence-electron chi connectivity index (χ4n) is 1.48. The van der Waals surface area contributed by atoms with Crippen molar-refractivity contribution in [2.75, 3.05) is 19.7 Å². The second-order valence-electron chi connectivity index (χ2n) is 4.86. The molecule has 0 saturated carbocycles. The molecule has 0 aliphatic rings. The Morgan fingerprint density at radius 3 is 2.90 bits per heavy atom. The van der Waals surface area contributed by atoms with Crippen molar-refractivity contribution in [3.63, 3.8) is 0 Å². The van der Waals surface area contributed by atoms with Gasteiger partial charge < -0.3 is 15.8 Å². The molecule has 0 radical (unpaired) electrons. The highest BCUT2D eigenvalue weighted by atomic mass is 16.5. The summed E-state index contributed by atoms with van der Waals surface area (Å²) in [4.78, 5) is 23.4. The van der Waals surface area contributed by atoms with Crippen LogP contribution in [0.3, 0.4) is 0 Å². The van der Waals surface area contributed by atoms with Gasteiger partial charge >= 0.3 is 0 Å². The lowest BCUT2D eigenvalue weighted by molar-refractivity contribution is -0.121. The van der Waals surface area contributed by atoms with Gasteiger partial charge in [0.25, 0.3) is 5.56 Å². The Hall–Kier alpha value is -1.89. The second-order valence-corrected chi connectivity index (χ2v) is 4.86. The molecule has 0 aliphatic heterocycles. The molecule has 0 spiro atoms. The number of nitrogens with one attached hydrogen (secondary N) is 1. The average molecular weight is 282 g/mol. The van der Waals surface area contributed by atoms with Crippen molar-refractivity contribution in [3.8, 4) is 5.75 Å². The Bertz CT molecular complexity index is 485. The van der Waals surface area contributed by atoms with Crippen LogP contribution in [0.4, 0.5) is 0 Å². The molecule has 7 nitrogen and oxygen atoms in total. The van der Waals surface area contributed by atoms with Crippen molar-refractivity contribution in [3.05, 3.63) is 22.6 Å². The van der Waals surface area contributed by atoms with Crippen LogP contribution in [-0.4, -0.2) is 35.4 Å². The third-order valence-corrected chi connectivity index (χ3v) is 2.57. The molecule has 1 amide bonds. The Morgan fingerprint density at radius 2 is 2.30 bits per heavy atom. The van der Waals surface area contributed by atoms with Crippen LogP contribution >= 0.6 is 0 Å². The van der Waals surface area contributed by atoms with E-state index in [0.717, 1.165) is 11.1 Å². The molecule has 20 heavy (non-hydrogen) atoms. The summed E-state index contributed by atoms with van der Waals surface area (Å²) in [5.41, 5.74) is 4.92. The van der Waals surface area contributed by atoms with Crippen molar-refractivity contribution in [2.45, 2.75) is 26.8 Å². The van der Waals surface area contributed by atoms with Crippen molar-refractivity contribution >= 4 is 5.91 Å². The van der Waals surface area contributed by atoms with E-state index in [1.54, 1.807) is 0 Å². The molecule has 1 heterocycles. The summed E-state index contributed by atoms with van der Waals surface area (Å²) in [6, 6.07) is 1.30. The van der Waals surface area contributed by atoms with Crippen LogP contribution in [-0.2, 0) is 11.3 Å². The average Bonchev–Trinajstić information content (AvgIpc) is 2.38. The maximum absolute atomic E-state index is 11.7. The van der Waals surface area contributed by atoms with Gasteiger partial charge in [-0.3, -0.25) is 9.59 Å². The minimum atomic E-state index is -0.376. The molecular weight excluding hydrogens is 260 g/mol. The molecule has 0 aromatic carbocycles. The third kappa shape index (κ3) is 5.83. The monoisotopic (exact) mass is 282 g/mol. The molecule has 7 heteroatoms. The molecule has 0 fully saturated rings. The van der Waals surface area contributed by atoms with Gasteiger partial charge in [-0.05, 0) is 12.3 Å². The molecule has 3 N–H and O–H groups in total. The molecule has 1 rings (SSSR count). The number of aromatic nitrogens is 2. The molecule has 0 unspecified atom stereocenters. The van der Waals surface area contributed by atoms with Gasteiger partial charge in [0.2, 0.25) is 5.91 Å². The first kappa shape index (κ1) is 16.2. The molecule has 0 bridgehead atoms. The molecule has 112 valence electrons. The zero-order valence-electron chi connectivity index (χ0n) is 12.0. The molecule has 0 saturated heterocycles. The predicted octanol–water partition coefficient (Wildman–Crippen LogP) is -0.257. The van der Waals surface area contributed by atoms with Crippen molar-refractivity contribution in [1.82, 2.24) is 15.1 Å². The van der Waals surface area contributed by atoms with Crippen molar-refractivity contribution in [2.24, 2.45) is 11.7 Å². The van der Waals surface area contributed by atoms with E-state index in [2.05, 4.69) is 24.3 Å². The first-order valence-corrected chi connectivity index (χ1v) is 6.69. The van der Waals surface area contributed by atoms with Gasteiger partial charge in [0.15, 0.2) is 0 Å². The molecular formula is C13H22N4O3. The van der Waals surface area contributed by atoms with Gasteiger partial charge in [0.05, 0.1) is 6.20 Å². The Kier molecular flexibility index (Phi) is 6.72. The maximum atomic E-state index is 11.7. The summed E-state index contributed by atoms with van der Waals surface area (Å²) in [7, 11) is 0. The molecule has 0 atom stereocenters. The summed E-state index contributed by atoms with van der Waals surface area (Å²) in [6.07, 6.45) is 2.30. The quantitative estimate of drug-likeness (QED) is 0.684. The Morgan fingerprint density at radius 1 is 1.55 bits per heavy atom. The van der Waals surface area contributed by atoms with Crippen LogP contribution in [0.15, 0.2) is 17.1 Å². The van der Waals surface area contributed by atoms with Crippen LogP contribution in [0, 0.1) is 5.92 Å². The van der Waals surface area contributed by atoms with Crippen LogP contribution in [0.25, 0.3) is 0 Å². The van der Waals surface area contributed by atoms with Gasteiger partial charge in [-0.1, -0.05) is 13.8 Å². The highest BCUT2D eigenvalue weighted by Crippen LogP contribution is 2.02. The third-order valence-electron chi connectivity index (χ3n) is 2.57. The highest BCUT2D eigenvalue weighted by molar-refractivity contribution is 5.75. The standard InChI is InChI=1S/C13H22N4O3/c1-10(2)3-5-15-12(18)9-17-13(19)7-11(8-16-17)20-6-4-14/h7-8,10H,3-6,9,14H2,1-2H3,(H,15,18). The summed E-state index contributed by atoms with van der Waals surface area (Å²) in [5, 5.41) is 6.64. The lowest BCUT2D eigenvalue weighted by Gasteiger charge is -2.09. The van der Waals surface area contributed by atoms with Gasteiger partial charge in [0, 0.05) is 19.2 Å². The van der Waals surface area contributed by atoms with Crippen molar-refractivity contribution < 1.29 is 9.53 Å². The predicted molar refractivity (Wildman–Crippen MR) is 75.5 cm³/mol. The number of rotatable bonds is 8. The Balaban J connectivity index is 2.51. The van der Waals surface area contributed by atoms with Gasteiger partial charge in [-0.15, -0.1) is 0 Å². The van der Waals surface area contributed by atoms with Crippen molar-refractivity contribution in [1.29, 1.82) is 0 Å². The molecule has 0 aliphatic carbocycles. The van der Waals surface area contributed by atoms with Crippen LogP contribution in [0.5, 0.6) is 5.75 Å². The van der Waals surface area contributed by atoms with Crippen LogP contribution in [0.1, 0.15) is 20.3 Å². The topological polar surface area (TPSA) is 99.2 Å². The summed E-state index contributed by atoms with van der Waals surface area (Å²) in [6.45, 7) is 5.36. The Labute approximate surface area is 118 Å². The lowest BCUT2D eigenvalue weighted by Crippen LogP contribution is -2.34. The number of carbonyl (C=O) groups excluding carboxylic acids is 1. The van der Waals surface area contributed by atoms with E-state index in [1.807, 2.05) is 0 Å². The minimum Gasteiger partial charge on any atom is -0.490 e. The number of nitrogens with two attached hydrogens (primary N) is 1. The number of ether oxygens (including phenoxy) is 1. The van der Waals surface area contributed by atoms with E-state index in [4.69, 9.17) is 10.5 Å². The van der Waals surface area contributed by atoms with Gasteiger partial charge in [-0.2, -0.15) is 5.10 Å². The highest BCUT2D eigenvalue weighted by Gasteiger charge is 2.06. The number of amides is 1. The SMILES string of the molecule is CC(C)CCNC(=O)Cn1ncc(OCCN)cc1=O. The summed E-state index contributed by atoms with van der Waals surface area (Å²) < 4.78 is 6.28. The minimum absolute atomic E-state index is 0.0892. The van der Waals surface area contributed by atoms with Crippen LogP contribution < -0.4 is 21.3 Å². The summed E-state index contributed by atoms with van der Waals surface area (Å²) in [5.74, 6) is 0.655. The first-order valence-electron chi connectivity index (χ1n) is 6.69. The molecule has 1 aromatic rings. The van der Waals surface area contributed by atoms with E-state index in [0.29, 0.717) is 31.4 Å². The van der Waals surface area contributed by atoms with Gasteiger partial charge in [-0.25, -0.2) is 4.68 Å². The normalized spacial score (nSPS) is 10.6. The lowest BCUT2D eigenvalue weighted by atomic mass is 10.1. The number of nitrogens with zero attached hydrogens (tertiary/aromatic N) is 2. The number of carbonyl (C=O) groups is 1. The first-order chi connectivity index (χ1) is 9.52. The number of hydrogen-bond donors (Lipinski definition) is 2. The van der Waals surface area contributed by atoms with Crippen LogP contribution in [0.2, 0.25) is 0 Å². The maximum Gasteiger partial charge on any atom is 0.270 e. The largest absolute Gasteiger partial charge is 0.490 e. The van der Waals surface area contributed by atoms with E-state index < -0.39 is 0 Å².